The molecule has 1 atom stereocenters. The van der Waals surface area contributed by atoms with Gasteiger partial charge in [-0.15, -0.1) is 0 Å². The zero-order valence-corrected chi connectivity index (χ0v) is 11.7. The average Bonchev–Trinajstić information content (AvgIpc) is 2.93. The van der Waals surface area contributed by atoms with Gasteiger partial charge in [-0.1, -0.05) is 12.1 Å². The number of oxime groups is 1. The number of rotatable bonds is 3. The summed E-state index contributed by atoms with van der Waals surface area (Å²) in [6.45, 7) is 2.86. The molecule has 21 heavy (non-hydrogen) atoms. The molecular weight excluding hydrogens is 283 g/mol. The van der Waals surface area contributed by atoms with Gasteiger partial charge in [0.05, 0.1) is 5.56 Å². The molecule has 0 aromatic heterocycles. The minimum absolute atomic E-state index is 0.288. The van der Waals surface area contributed by atoms with Crippen LogP contribution in [0, 0.1) is 0 Å². The third-order valence-corrected chi connectivity index (χ3v) is 3.87. The lowest BCUT2D eigenvalue weighted by Gasteiger charge is -2.27. The van der Waals surface area contributed by atoms with Gasteiger partial charge in [-0.2, -0.15) is 13.2 Å². The van der Waals surface area contributed by atoms with E-state index in [1.54, 1.807) is 0 Å². The molecule has 7 heteroatoms. The van der Waals surface area contributed by atoms with Crippen molar-refractivity contribution in [2.75, 3.05) is 11.4 Å². The highest BCUT2D eigenvalue weighted by molar-refractivity contribution is 5.99. The van der Waals surface area contributed by atoms with Gasteiger partial charge in [0.25, 0.3) is 0 Å². The minimum atomic E-state index is -4.54. The van der Waals surface area contributed by atoms with Gasteiger partial charge in [0.15, 0.2) is 5.84 Å². The molecule has 1 aromatic rings. The fraction of sp³-hybridized carbons (Fsp3) is 0.500. The van der Waals surface area contributed by atoms with E-state index in [0.717, 1.165) is 31.9 Å². The van der Waals surface area contributed by atoms with E-state index in [0.29, 0.717) is 11.7 Å². The van der Waals surface area contributed by atoms with Gasteiger partial charge in [0, 0.05) is 23.8 Å². The molecule has 1 fully saturated rings. The topological polar surface area (TPSA) is 61.8 Å². The molecular formula is C14H18F3N3O. The van der Waals surface area contributed by atoms with E-state index >= 15 is 0 Å². The Morgan fingerprint density at radius 2 is 2.19 bits per heavy atom. The second-order valence-corrected chi connectivity index (χ2v) is 5.11. The zero-order chi connectivity index (χ0) is 15.6. The quantitative estimate of drug-likeness (QED) is 0.390. The summed E-state index contributed by atoms with van der Waals surface area (Å²) in [7, 11) is 0. The van der Waals surface area contributed by atoms with E-state index < -0.39 is 17.6 Å². The molecule has 0 bridgehead atoms. The van der Waals surface area contributed by atoms with E-state index in [1.165, 1.54) is 12.1 Å². The molecule has 1 aromatic carbocycles. The van der Waals surface area contributed by atoms with Crippen LogP contribution in [0.4, 0.5) is 18.9 Å². The number of nitrogens with zero attached hydrogens (tertiary/aromatic N) is 2. The van der Waals surface area contributed by atoms with Crippen molar-refractivity contribution in [3.8, 4) is 0 Å². The molecule has 3 N–H and O–H groups in total. The highest BCUT2D eigenvalue weighted by Gasteiger charge is 2.35. The number of hydrogen-bond acceptors (Lipinski definition) is 3. The SMILES string of the molecule is CCC1CCCN1c1ccc(C(F)(F)F)c(/C(N)=N/O)c1. The number of alkyl halides is 3. The van der Waals surface area contributed by atoms with Crippen LogP contribution in [-0.2, 0) is 6.18 Å². The molecule has 4 nitrogen and oxygen atoms in total. The standard InChI is InChI=1S/C14H18F3N3O/c1-2-9-4-3-7-20(9)10-5-6-12(14(15,16)17)11(8-10)13(18)19-21/h5-6,8-9,21H,2-4,7H2,1H3,(H2,18,19). The predicted molar refractivity (Wildman–Crippen MR) is 74.6 cm³/mol. The number of benzene rings is 1. The third kappa shape index (κ3) is 3.06. The first kappa shape index (κ1) is 15.5. The lowest BCUT2D eigenvalue weighted by molar-refractivity contribution is -0.137. The van der Waals surface area contributed by atoms with Crippen molar-refractivity contribution in [2.45, 2.75) is 38.4 Å². The lowest BCUT2D eigenvalue weighted by atomic mass is 10.0. The minimum Gasteiger partial charge on any atom is -0.409 e. The summed E-state index contributed by atoms with van der Waals surface area (Å²) in [6.07, 6.45) is -1.58. The van der Waals surface area contributed by atoms with E-state index in [2.05, 4.69) is 17.0 Å². The Bertz CT molecular complexity index is 543. The number of halogens is 3. The molecule has 1 unspecified atom stereocenters. The molecule has 0 saturated carbocycles. The molecule has 116 valence electrons. The fourth-order valence-electron chi connectivity index (χ4n) is 2.82. The summed E-state index contributed by atoms with van der Waals surface area (Å²) in [5, 5.41) is 11.4. The van der Waals surface area contributed by atoms with Crippen LogP contribution in [0.25, 0.3) is 0 Å². The Balaban J connectivity index is 2.47. The van der Waals surface area contributed by atoms with Crippen LogP contribution >= 0.6 is 0 Å². The second kappa shape index (κ2) is 5.83. The van der Waals surface area contributed by atoms with E-state index in [4.69, 9.17) is 10.9 Å². The van der Waals surface area contributed by atoms with Crippen LogP contribution in [0.3, 0.4) is 0 Å². The maximum absolute atomic E-state index is 13.0. The number of hydrogen-bond donors (Lipinski definition) is 2. The monoisotopic (exact) mass is 301 g/mol. The van der Waals surface area contributed by atoms with Crippen LogP contribution in [0.5, 0.6) is 0 Å². The third-order valence-electron chi connectivity index (χ3n) is 3.87. The number of nitrogens with two attached hydrogens (primary N) is 1. The summed E-state index contributed by atoms with van der Waals surface area (Å²) in [4.78, 5) is 2.08. The van der Waals surface area contributed by atoms with Crippen molar-refractivity contribution in [3.63, 3.8) is 0 Å². The molecule has 2 rings (SSSR count). The van der Waals surface area contributed by atoms with E-state index in [9.17, 15) is 13.2 Å². The van der Waals surface area contributed by atoms with Crippen LogP contribution in [0.2, 0.25) is 0 Å². The van der Waals surface area contributed by atoms with Crippen LogP contribution < -0.4 is 10.6 Å². The van der Waals surface area contributed by atoms with Gasteiger partial charge in [-0.25, -0.2) is 0 Å². The fourth-order valence-corrected chi connectivity index (χ4v) is 2.82. The van der Waals surface area contributed by atoms with Crippen molar-refractivity contribution in [1.82, 2.24) is 0 Å². The second-order valence-electron chi connectivity index (χ2n) is 5.11. The van der Waals surface area contributed by atoms with Crippen molar-refractivity contribution in [3.05, 3.63) is 29.3 Å². The van der Waals surface area contributed by atoms with Gasteiger partial charge in [-0.3, -0.25) is 0 Å². The maximum Gasteiger partial charge on any atom is 0.417 e. The van der Waals surface area contributed by atoms with Crippen molar-refractivity contribution < 1.29 is 18.4 Å². The summed E-state index contributed by atoms with van der Waals surface area (Å²) in [5.41, 5.74) is 4.90. The first-order valence-electron chi connectivity index (χ1n) is 6.84. The molecule has 0 amide bonds. The van der Waals surface area contributed by atoms with Crippen LogP contribution in [0.1, 0.15) is 37.3 Å². The molecule has 0 aliphatic carbocycles. The van der Waals surface area contributed by atoms with Gasteiger partial charge in [0.1, 0.15) is 0 Å². The van der Waals surface area contributed by atoms with E-state index in [1.807, 2.05) is 0 Å². The lowest BCUT2D eigenvalue weighted by Crippen LogP contribution is -2.29. The van der Waals surface area contributed by atoms with Crippen LogP contribution in [0.15, 0.2) is 23.4 Å². The molecule has 0 spiro atoms. The molecule has 0 radical (unpaired) electrons. The van der Waals surface area contributed by atoms with Crippen LogP contribution in [-0.4, -0.2) is 23.6 Å². The van der Waals surface area contributed by atoms with Crippen molar-refractivity contribution in [1.29, 1.82) is 0 Å². The highest BCUT2D eigenvalue weighted by atomic mass is 19.4. The Labute approximate surface area is 121 Å². The van der Waals surface area contributed by atoms with Crippen molar-refractivity contribution in [2.24, 2.45) is 10.9 Å². The summed E-state index contributed by atoms with van der Waals surface area (Å²) in [5.74, 6) is -0.531. The smallest absolute Gasteiger partial charge is 0.409 e. The first-order chi connectivity index (χ1) is 9.88. The van der Waals surface area contributed by atoms with Crippen molar-refractivity contribution >= 4 is 11.5 Å². The van der Waals surface area contributed by atoms with Gasteiger partial charge in [0.2, 0.25) is 0 Å². The Kier molecular flexibility index (Phi) is 4.29. The number of amidine groups is 1. The average molecular weight is 301 g/mol. The summed E-state index contributed by atoms with van der Waals surface area (Å²) < 4.78 is 39.0. The molecule has 1 heterocycles. The highest BCUT2D eigenvalue weighted by Crippen LogP contribution is 2.35. The Morgan fingerprint density at radius 1 is 1.48 bits per heavy atom. The van der Waals surface area contributed by atoms with E-state index in [-0.39, 0.29) is 5.56 Å². The number of anilines is 1. The van der Waals surface area contributed by atoms with Gasteiger partial charge < -0.3 is 15.8 Å². The first-order valence-corrected chi connectivity index (χ1v) is 6.84. The summed E-state index contributed by atoms with van der Waals surface area (Å²) in [6, 6.07) is 4.12. The Morgan fingerprint density at radius 3 is 2.76 bits per heavy atom. The normalized spacial score (nSPS) is 20.1. The molecule has 1 aliphatic heterocycles. The maximum atomic E-state index is 13.0. The predicted octanol–water partition coefficient (Wildman–Crippen LogP) is 3.18. The zero-order valence-electron chi connectivity index (χ0n) is 11.7. The molecule has 1 saturated heterocycles. The summed E-state index contributed by atoms with van der Waals surface area (Å²) >= 11 is 0. The van der Waals surface area contributed by atoms with Gasteiger partial charge >= 0.3 is 6.18 Å². The molecule has 1 aliphatic rings. The van der Waals surface area contributed by atoms with Gasteiger partial charge in [-0.05, 0) is 37.5 Å². The Hall–Kier alpha value is -1.92. The largest absolute Gasteiger partial charge is 0.417 e.